The summed E-state index contributed by atoms with van der Waals surface area (Å²) in [4.78, 5) is 45.5. The summed E-state index contributed by atoms with van der Waals surface area (Å²) in [5.41, 5.74) is 5.32. The van der Waals surface area contributed by atoms with Crippen LogP contribution >= 0.6 is 0 Å². The number of aryl methyl sites for hydroxylation is 1. The molecule has 0 saturated carbocycles. The molecule has 5 aromatic heterocycles. The maximum absolute atomic E-state index is 13.8. The van der Waals surface area contributed by atoms with E-state index in [2.05, 4.69) is 50.8 Å². The largest absolute Gasteiger partial charge is 0.391 e. The van der Waals surface area contributed by atoms with Gasteiger partial charge in [0.2, 0.25) is 0 Å². The van der Waals surface area contributed by atoms with E-state index in [9.17, 15) is 14.7 Å². The molecule has 49 heavy (non-hydrogen) atoms. The fourth-order valence-corrected chi connectivity index (χ4v) is 7.67. The van der Waals surface area contributed by atoms with E-state index in [1.165, 1.54) is 21.0 Å². The summed E-state index contributed by atoms with van der Waals surface area (Å²) in [5, 5.41) is 13.8. The molecule has 8 rings (SSSR count). The molecule has 3 aliphatic rings. The van der Waals surface area contributed by atoms with Crippen LogP contribution in [0.4, 0.5) is 17.2 Å². The Morgan fingerprint density at radius 2 is 1.88 bits per heavy atom. The lowest BCUT2D eigenvalue weighted by molar-refractivity contribution is -0.0691. The quantitative estimate of drug-likeness (QED) is 0.268. The molecule has 0 amide bonds. The Morgan fingerprint density at radius 1 is 1.04 bits per heavy atom. The van der Waals surface area contributed by atoms with Crippen LogP contribution in [0.3, 0.4) is 0 Å². The lowest BCUT2D eigenvalue weighted by Crippen LogP contribution is -2.59. The van der Waals surface area contributed by atoms with Gasteiger partial charge in [0.15, 0.2) is 0 Å². The Morgan fingerprint density at radius 3 is 2.59 bits per heavy atom. The van der Waals surface area contributed by atoms with Gasteiger partial charge in [-0.15, -0.1) is 0 Å². The van der Waals surface area contributed by atoms with Gasteiger partial charge in [0.25, 0.3) is 11.1 Å². The number of pyridine rings is 2. The summed E-state index contributed by atoms with van der Waals surface area (Å²) in [6, 6.07) is 8.44. The normalized spacial score (nSPS) is 19.3. The number of aromatic nitrogens is 6. The standard InChI is InChI=1S/C36H41N9O4/c1-22-16-42(26-19-49-20-26)7-8-43(22)25-5-6-31(37-15-25)40-28-11-24(17-41(4)34(28)47)32-27(18-46)33(39-21-38-32)45-10-9-44-29(35(45)48)12-23-13-36(2,3)14-30(23)44/h5-6,9-12,15,17,21-22,26,46H,7-8,13-14,16,18-20H2,1-4H3,(H,37,40)/t22-/m0/s1. The van der Waals surface area contributed by atoms with E-state index >= 15 is 0 Å². The topological polar surface area (TPSA) is 135 Å². The van der Waals surface area contributed by atoms with Crippen LogP contribution in [0.25, 0.3) is 22.6 Å². The fraction of sp³-hybridized carbons (Fsp3) is 0.417. The van der Waals surface area contributed by atoms with Gasteiger partial charge in [-0.05, 0) is 55.0 Å². The number of ether oxygens (including phenoxy) is 1. The van der Waals surface area contributed by atoms with Crippen LogP contribution in [0.15, 0.2) is 65.0 Å². The average Bonchev–Trinajstić information content (AvgIpc) is 3.55. The molecule has 0 radical (unpaired) electrons. The Kier molecular flexibility index (Phi) is 7.65. The third-order valence-corrected chi connectivity index (χ3v) is 10.3. The first kappa shape index (κ1) is 31.4. The predicted octanol–water partition coefficient (Wildman–Crippen LogP) is 2.91. The fourth-order valence-electron chi connectivity index (χ4n) is 7.67. The average molecular weight is 664 g/mol. The SMILES string of the molecule is C[C@H]1CN(C2COC2)CCN1c1ccc(Nc2cc(-c3ncnc(-n4ccn5c6c(cc5c4=O)CC(C)(C)C6)c3CO)cn(C)c2=O)nc1. The molecule has 0 unspecified atom stereocenters. The van der Waals surface area contributed by atoms with Crippen molar-refractivity contribution in [3.05, 3.63) is 92.9 Å². The van der Waals surface area contributed by atoms with Gasteiger partial charge in [-0.1, -0.05) is 13.8 Å². The van der Waals surface area contributed by atoms with Gasteiger partial charge in [0.1, 0.15) is 29.2 Å². The van der Waals surface area contributed by atoms with E-state index in [-0.39, 0.29) is 16.5 Å². The molecule has 1 aliphatic carbocycles. The smallest absolute Gasteiger partial charge is 0.280 e. The second-order valence-electron chi connectivity index (χ2n) is 14.4. The first-order chi connectivity index (χ1) is 23.6. The Labute approximate surface area is 283 Å². The summed E-state index contributed by atoms with van der Waals surface area (Å²) in [6.07, 6.45) is 10.3. The van der Waals surface area contributed by atoms with E-state index in [0.717, 1.165) is 57.1 Å². The molecule has 2 N–H and O–H groups in total. The van der Waals surface area contributed by atoms with Gasteiger partial charge in [0, 0.05) is 68.1 Å². The molecule has 254 valence electrons. The minimum atomic E-state index is -0.412. The van der Waals surface area contributed by atoms with Gasteiger partial charge >= 0.3 is 0 Å². The van der Waals surface area contributed by atoms with Crippen molar-refractivity contribution in [1.29, 1.82) is 0 Å². The predicted molar refractivity (Wildman–Crippen MR) is 187 cm³/mol. The van der Waals surface area contributed by atoms with Crippen molar-refractivity contribution >= 4 is 22.7 Å². The zero-order valence-corrected chi connectivity index (χ0v) is 28.3. The molecule has 2 fully saturated rings. The Bertz CT molecular complexity index is 2180. The zero-order chi connectivity index (χ0) is 34.0. The maximum atomic E-state index is 13.8. The van der Waals surface area contributed by atoms with Crippen LogP contribution in [0.5, 0.6) is 0 Å². The number of nitrogens with zero attached hydrogens (tertiary/aromatic N) is 8. The number of fused-ring (bicyclic) bond motifs is 3. The van der Waals surface area contributed by atoms with Crippen LogP contribution in [-0.4, -0.2) is 83.4 Å². The number of hydrogen-bond acceptors (Lipinski definition) is 10. The van der Waals surface area contributed by atoms with Gasteiger partial charge in [-0.2, -0.15) is 0 Å². The lowest BCUT2D eigenvalue weighted by Gasteiger charge is -2.46. The highest BCUT2D eigenvalue weighted by molar-refractivity contribution is 5.71. The van der Waals surface area contributed by atoms with Crippen molar-refractivity contribution in [1.82, 2.24) is 33.4 Å². The van der Waals surface area contributed by atoms with Crippen molar-refractivity contribution < 1.29 is 9.84 Å². The number of piperazine rings is 1. The second-order valence-corrected chi connectivity index (χ2v) is 14.4. The molecule has 13 heteroatoms. The Balaban J connectivity index is 1.07. The van der Waals surface area contributed by atoms with E-state index < -0.39 is 6.61 Å². The summed E-state index contributed by atoms with van der Waals surface area (Å²) in [6.45, 7) is 10.8. The molecule has 5 aromatic rings. The molecule has 0 bridgehead atoms. The van der Waals surface area contributed by atoms with Gasteiger partial charge < -0.3 is 29.0 Å². The highest BCUT2D eigenvalue weighted by atomic mass is 16.5. The molecular weight excluding hydrogens is 622 g/mol. The third kappa shape index (κ3) is 5.51. The summed E-state index contributed by atoms with van der Waals surface area (Å²) in [5.74, 6) is 0.822. The number of aliphatic hydroxyl groups is 1. The third-order valence-electron chi connectivity index (χ3n) is 10.3. The van der Waals surface area contributed by atoms with Crippen LogP contribution in [0, 0.1) is 5.41 Å². The maximum Gasteiger partial charge on any atom is 0.280 e. The highest BCUT2D eigenvalue weighted by Gasteiger charge is 2.33. The summed E-state index contributed by atoms with van der Waals surface area (Å²) >= 11 is 0. The van der Waals surface area contributed by atoms with Crippen molar-refractivity contribution in [3.63, 3.8) is 0 Å². The first-order valence-corrected chi connectivity index (χ1v) is 16.8. The minimum Gasteiger partial charge on any atom is -0.391 e. The molecule has 2 aliphatic heterocycles. The summed E-state index contributed by atoms with van der Waals surface area (Å²) in [7, 11) is 1.66. The van der Waals surface area contributed by atoms with Crippen LogP contribution in [0.1, 0.15) is 37.6 Å². The van der Waals surface area contributed by atoms with Gasteiger partial charge in [-0.25, -0.2) is 15.0 Å². The van der Waals surface area contributed by atoms with Crippen LogP contribution in [-0.2, 0) is 31.2 Å². The Hall–Kier alpha value is -4.85. The van der Waals surface area contributed by atoms with E-state index in [4.69, 9.17) is 4.74 Å². The molecule has 0 aromatic carbocycles. The minimum absolute atomic E-state index is 0.162. The first-order valence-electron chi connectivity index (χ1n) is 16.8. The monoisotopic (exact) mass is 663 g/mol. The molecule has 7 heterocycles. The van der Waals surface area contributed by atoms with E-state index in [1.807, 2.05) is 35.0 Å². The second kappa shape index (κ2) is 11.9. The van der Waals surface area contributed by atoms with Crippen LogP contribution in [0.2, 0.25) is 0 Å². The van der Waals surface area contributed by atoms with Crippen molar-refractivity contribution in [3.8, 4) is 17.1 Å². The summed E-state index contributed by atoms with van der Waals surface area (Å²) < 4.78 is 10.3. The van der Waals surface area contributed by atoms with E-state index in [0.29, 0.717) is 51.7 Å². The molecule has 13 nitrogen and oxygen atoms in total. The molecule has 2 saturated heterocycles. The number of rotatable bonds is 7. The molecule has 0 spiro atoms. The molecule has 1 atom stereocenters. The van der Waals surface area contributed by atoms with Gasteiger partial charge in [0.05, 0.1) is 43.4 Å². The van der Waals surface area contributed by atoms with Crippen molar-refractivity contribution in [2.45, 2.75) is 52.3 Å². The number of nitrogens with one attached hydrogen (secondary N) is 1. The zero-order valence-electron chi connectivity index (χ0n) is 28.3. The van der Waals surface area contributed by atoms with Crippen molar-refractivity contribution in [2.75, 3.05) is 43.1 Å². The van der Waals surface area contributed by atoms with E-state index in [1.54, 1.807) is 25.5 Å². The van der Waals surface area contributed by atoms with Crippen LogP contribution < -0.4 is 21.3 Å². The highest BCUT2D eigenvalue weighted by Crippen LogP contribution is 2.37. The number of hydrogen-bond donors (Lipinski definition) is 2. The van der Waals surface area contributed by atoms with Crippen molar-refractivity contribution in [2.24, 2.45) is 12.5 Å². The van der Waals surface area contributed by atoms with Gasteiger partial charge in [-0.3, -0.25) is 19.1 Å². The number of aliphatic hydroxyl groups excluding tert-OH is 1. The number of anilines is 3. The molecular formula is C36H41N9O4. The lowest BCUT2D eigenvalue weighted by atomic mass is 9.90.